The molecule has 4 N–H and O–H groups in total. The van der Waals surface area contributed by atoms with E-state index in [4.69, 9.17) is 5.73 Å². The number of nitrogens with two attached hydrogens (primary N) is 1. The second-order valence-corrected chi connectivity index (χ2v) is 10.2. The quantitative estimate of drug-likeness (QED) is 0.562. The Morgan fingerprint density at radius 1 is 1.20 bits per heavy atom. The monoisotopic (exact) mass is 490 g/mol. The van der Waals surface area contributed by atoms with Gasteiger partial charge < -0.3 is 21.1 Å². The van der Waals surface area contributed by atoms with Crippen molar-refractivity contribution < 1.29 is 23.1 Å². The number of nitrogens with one attached hydrogen (secondary N) is 1. The predicted octanol–water partition coefficient (Wildman–Crippen LogP) is 4.28. The summed E-state index contributed by atoms with van der Waals surface area (Å²) in [7, 11) is 0. The van der Waals surface area contributed by atoms with E-state index in [1.807, 2.05) is 29.2 Å². The molecule has 4 rings (SSSR count). The molecule has 0 unspecified atom stereocenters. The Hall–Kier alpha value is -2.65. The maximum absolute atomic E-state index is 12.8. The molecule has 1 amide bonds. The molecule has 0 radical (unpaired) electrons. The van der Waals surface area contributed by atoms with Gasteiger partial charge >= 0.3 is 6.18 Å². The summed E-state index contributed by atoms with van der Waals surface area (Å²) in [6.07, 6.45) is 0.0171. The first-order valence-electron chi connectivity index (χ1n) is 12.2. The number of carbonyl (C=O) groups is 1. The van der Waals surface area contributed by atoms with E-state index in [1.54, 1.807) is 12.3 Å². The Balaban J connectivity index is 1.43. The zero-order chi connectivity index (χ0) is 25.2. The number of aliphatic hydroxyl groups excluding tert-OH is 1. The lowest BCUT2D eigenvalue weighted by Crippen LogP contribution is -2.38. The van der Waals surface area contributed by atoms with Gasteiger partial charge in [-0.3, -0.25) is 4.79 Å². The number of hydrogen-bond donors (Lipinski definition) is 3. The zero-order valence-electron chi connectivity index (χ0n) is 19.9. The summed E-state index contributed by atoms with van der Waals surface area (Å²) in [4.78, 5) is 18.9. The fourth-order valence-corrected chi connectivity index (χ4v) is 5.13. The van der Waals surface area contributed by atoms with Gasteiger partial charge in [0.15, 0.2) is 0 Å². The Morgan fingerprint density at radius 3 is 2.54 bits per heavy atom. The zero-order valence-corrected chi connectivity index (χ0v) is 19.9. The third kappa shape index (κ3) is 6.32. The maximum Gasteiger partial charge on any atom is 0.390 e. The Morgan fingerprint density at radius 2 is 1.89 bits per heavy atom. The summed E-state index contributed by atoms with van der Waals surface area (Å²) in [5.74, 6) is -0.108. The molecule has 2 heterocycles. The number of halogens is 3. The van der Waals surface area contributed by atoms with Gasteiger partial charge in [0.1, 0.15) is 5.82 Å². The number of nitrogens with zero attached hydrogens (tertiary/aromatic N) is 2. The van der Waals surface area contributed by atoms with Crippen LogP contribution in [0, 0.1) is 0 Å². The molecule has 1 saturated heterocycles. The highest BCUT2D eigenvalue weighted by atomic mass is 19.4. The van der Waals surface area contributed by atoms with Crippen LogP contribution in [-0.4, -0.2) is 58.9 Å². The molecule has 2 fully saturated rings. The number of aromatic nitrogens is 1. The van der Waals surface area contributed by atoms with Crippen LogP contribution in [0.5, 0.6) is 0 Å². The maximum atomic E-state index is 12.8. The lowest BCUT2D eigenvalue weighted by molar-refractivity contribution is -0.137. The van der Waals surface area contributed by atoms with Crippen LogP contribution in [0.4, 0.5) is 19.0 Å². The van der Waals surface area contributed by atoms with E-state index >= 15 is 0 Å². The first kappa shape index (κ1) is 25.4. The molecule has 1 aromatic heterocycles. The molecule has 6 nitrogen and oxygen atoms in total. The van der Waals surface area contributed by atoms with Crippen molar-refractivity contribution in [1.29, 1.82) is 0 Å². The average Bonchev–Trinajstić information content (AvgIpc) is 3.21. The van der Waals surface area contributed by atoms with Gasteiger partial charge in [-0.25, -0.2) is 4.98 Å². The van der Waals surface area contributed by atoms with Crippen molar-refractivity contribution in [2.45, 2.75) is 69.2 Å². The van der Waals surface area contributed by atoms with E-state index < -0.39 is 12.6 Å². The van der Waals surface area contributed by atoms with Crippen LogP contribution in [-0.2, 0) is 5.41 Å². The molecule has 1 aliphatic heterocycles. The number of alkyl halides is 3. The molecule has 1 saturated carbocycles. The van der Waals surface area contributed by atoms with E-state index in [2.05, 4.69) is 17.2 Å². The van der Waals surface area contributed by atoms with Gasteiger partial charge in [0.2, 0.25) is 0 Å². The molecule has 35 heavy (non-hydrogen) atoms. The van der Waals surface area contributed by atoms with Crippen LogP contribution < -0.4 is 11.1 Å². The molecule has 1 aliphatic carbocycles. The number of nitrogen functional groups attached to an aromatic ring is 1. The molecule has 190 valence electrons. The van der Waals surface area contributed by atoms with Crippen LogP contribution in [0.2, 0.25) is 0 Å². The van der Waals surface area contributed by atoms with Gasteiger partial charge in [-0.15, -0.1) is 0 Å². The van der Waals surface area contributed by atoms with Gasteiger partial charge in [-0.05, 0) is 55.8 Å². The lowest BCUT2D eigenvalue weighted by Gasteiger charge is -2.26. The molecule has 2 aliphatic rings. The van der Waals surface area contributed by atoms with E-state index in [9.17, 15) is 23.1 Å². The van der Waals surface area contributed by atoms with Gasteiger partial charge in [0, 0.05) is 36.3 Å². The standard InChI is InChI=1S/C26H33F3N4O2/c1-25(10-12-33(16-25)13-11-26(27,28)29)19-4-2-17(3-5-19)18-14-22(23(30)31-15-18)24(35)32-20-6-8-21(34)9-7-20/h2-5,14-15,20-21,34H,6-13,16H2,1H3,(H2,30,31)(H,32,35)/t20-,21-,25-/m0/s1. The highest BCUT2D eigenvalue weighted by Gasteiger charge is 2.37. The molecule has 1 atom stereocenters. The minimum atomic E-state index is -4.14. The summed E-state index contributed by atoms with van der Waals surface area (Å²) >= 11 is 0. The second kappa shape index (κ2) is 10.1. The fraction of sp³-hybridized carbons (Fsp3) is 0.538. The van der Waals surface area contributed by atoms with Gasteiger partial charge in [0.05, 0.1) is 18.1 Å². The smallest absolute Gasteiger partial charge is 0.390 e. The number of aliphatic hydroxyl groups is 1. The highest BCUT2D eigenvalue weighted by molar-refractivity contribution is 5.99. The second-order valence-electron chi connectivity index (χ2n) is 10.2. The molecular formula is C26H33F3N4O2. The number of benzene rings is 1. The lowest BCUT2D eigenvalue weighted by atomic mass is 9.81. The van der Waals surface area contributed by atoms with Crippen molar-refractivity contribution in [3.8, 4) is 11.1 Å². The third-order valence-electron chi connectivity index (χ3n) is 7.37. The van der Waals surface area contributed by atoms with Crippen molar-refractivity contribution in [3.05, 3.63) is 47.7 Å². The number of pyridine rings is 1. The van der Waals surface area contributed by atoms with Gasteiger partial charge in [-0.2, -0.15) is 13.2 Å². The molecule has 2 aromatic rings. The molecule has 0 bridgehead atoms. The number of hydrogen-bond acceptors (Lipinski definition) is 5. The van der Waals surface area contributed by atoms with Gasteiger partial charge in [-0.1, -0.05) is 31.2 Å². The summed E-state index contributed by atoms with van der Waals surface area (Å²) < 4.78 is 37.8. The van der Waals surface area contributed by atoms with Gasteiger partial charge in [0.25, 0.3) is 5.91 Å². The minimum Gasteiger partial charge on any atom is -0.393 e. The topological polar surface area (TPSA) is 91.5 Å². The molecule has 1 aromatic carbocycles. The predicted molar refractivity (Wildman–Crippen MR) is 129 cm³/mol. The summed E-state index contributed by atoms with van der Waals surface area (Å²) in [5.41, 5.74) is 8.83. The largest absolute Gasteiger partial charge is 0.393 e. The summed E-state index contributed by atoms with van der Waals surface area (Å²) in [5, 5.41) is 12.7. The van der Waals surface area contributed by atoms with E-state index in [-0.39, 0.29) is 35.8 Å². The van der Waals surface area contributed by atoms with Crippen molar-refractivity contribution in [3.63, 3.8) is 0 Å². The van der Waals surface area contributed by atoms with Crippen LogP contribution in [0.15, 0.2) is 36.5 Å². The fourth-order valence-electron chi connectivity index (χ4n) is 5.13. The Bertz CT molecular complexity index is 1040. The van der Waals surface area contributed by atoms with Crippen LogP contribution in [0.1, 0.15) is 61.4 Å². The van der Waals surface area contributed by atoms with Crippen LogP contribution in [0.25, 0.3) is 11.1 Å². The summed E-state index contributed by atoms with van der Waals surface area (Å²) in [6, 6.07) is 9.67. The van der Waals surface area contributed by atoms with Crippen LogP contribution >= 0.6 is 0 Å². The first-order chi connectivity index (χ1) is 16.5. The first-order valence-corrected chi connectivity index (χ1v) is 12.2. The highest BCUT2D eigenvalue weighted by Crippen LogP contribution is 2.36. The Kier molecular flexibility index (Phi) is 7.38. The van der Waals surface area contributed by atoms with E-state index in [0.29, 0.717) is 31.5 Å². The number of likely N-dealkylation sites (tertiary alicyclic amines) is 1. The molecular weight excluding hydrogens is 457 g/mol. The van der Waals surface area contributed by atoms with E-state index in [0.717, 1.165) is 36.0 Å². The van der Waals surface area contributed by atoms with Crippen molar-refractivity contribution in [2.24, 2.45) is 0 Å². The van der Waals surface area contributed by atoms with Crippen molar-refractivity contribution in [1.82, 2.24) is 15.2 Å². The molecule has 9 heteroatoms. The summed E-state index contributed by atoms with van der Waals surface area (Å²) in [6.45, 7) is 3.36. The average molecular weight is 491 g/mol. The SMILES string of the molecule is C[C@]1(c2ccc(-c3cnc(N)c(C(=O)N[C@H]4CC[C@H](O)CC4)c3)cc2)CCN(CCC(F)(F)F)C1. The number of carbonyl (C=O) groups excluding carboxylic acids is 1. The van der Waals surface area contributed by atoms with E-state index in [1.165, 1.54) is 0 Å². The van der Waals surface area contributed by atoms with Crippen molar-refractivity contribution in [2.75, 3.05) is 25.4 Å². The van der Waals surface area contributed by atoms with Crippen molar-refractivity contribution >= 4 is 11.7 Å². The normalized spacial score (nSPS) is 25.5. The van der Waals surface area contributed by atoms with Crippen LogP contribution in [0.3, 0.4) is 0 Å². The molecule has 0 spiro atoms. The Labute approximate surface area is 203 Å². The third-order valence-corrected chi connectivity index (χ3v) is 7.37. The number of anilines is 1. The minimum absolute atomic E-state index is 0.0103. The number of amides is 1. The number of rotatable bonds is 6.